The van der Waals surface area contributed by atoms with Crippen molar-refractivity contribution in [1.82, 2.24) is 19.6 Å². The van der Waals surface area contributed by atoms with E-state index in [2.05, 4.69) is 26.5 Å². The molecule has 7 nitrogen and oxygen atoms in total. The molecule has 8 heteroatoms. The van der Waals surface area contributed by atoms with E-state index < -0.39 is 10.0 Å². The molecule has 0 bridgehead atoms. The summed E-state index contributed by atoms with van der Waals surface area (Å²) in [5.74, 6) is 0.779. The van der Waals surface area contributed by atoms with Gasteiger partial charge in [-0.05, 0) is 56.0 Å². The molecule has 0 unspecified atom stereocenters. The van der Waals surface area contributed by atoms with Gasteiger partial charge in [0.15, 0.2) is 0 Å². The number of fused-ring (bicyclic) bond motifs is 1. The van der Waals surface area contributed by atoms with Crippen LogP contribution in [0.2, 0.25) is 0 Å². The van der Waals surface area contributed by atoms with Gasteiger partial charge in [0.05, 0.1) is 22.5 Å². The molecule has 2 N–H and O–H groups in total. The average molecular weight is 427 g/mol. The Morgan fingerprint density at radius 3 is 2.57 bits per heavy atom. The summed E-state index contributed by atoms with van der Waals surface area (Å²) in [5.41, 5.74) is 2.92. The molecule has 1 saturated carbocycles. The molecule has 30 heavy (non-hydrogen) atoms. The summed E-state index contributed by atoms with van der Waals surface area (Å²) in [6.07, 6.45) is 2.69. The van der Waals surface area contributed by atoms with Crippen LogP contribution in [0.5, 0.6) is 0 Å². The van der Waals surface area contributed by atoms with Crippen LogP contribution in [0, 0.1) is 0 Å². The topological polar surface area (TPSA) is 93.1 Å². The molecule has 0 spiro atoms. The quantitative estimate of drug-likeness (QED) is 0.550. The first kappa shape index (κ1) is 20.6. The lowest BCUT2D eigenvalue weighted by molar-refractivity contribution is -0.121. The maximum absolute atomic E-state index is 12.3. The molecule has 1 heterocycles. The Bertz CT molecular complexity index is 1150. The Morgan fingerprint density at radius 2 is 1.87 bits per heavy atom. The molecule has 0 radical (unpaired) electrons. The molecule has 0 saturated heterocycles. The first-order chi connectivity index (χ1) is 14.5. The van der Waals surface area contributed by atoms with Gasteiger partial charge in [-0.1, -0.05) is 24.3 Å². The Kier molecular flexibility index (Phi) is 5.87. The number of imidazole rings is 1. The lowest BCUT2D eigenvalue weighted by atomic mass is 10.1. The summed E-state index contributed by atoms with van der Waals surface area (Å²) in [5, 5.41) is 2.94. The van der Waals surface area contributed by atoms with E-state index in [4.69, 9.17) is 0 Å². The number of carbonyl (C=O) groups excluding carboxylic acids is 1. The van der Waals surface area contributed by atoms with E-state index in [9.17, 15) is 13.2 Å². The molecular formula is C22H26N4O3S. The number of nitrogens with one attached hydrogen (secondary N) is 2. The molecule has 158 valence electrons. The third-order valence-corrected chi connectivity index (χ3v) is 6.80. The molecule has 3 aromatic rings. The maximum Gasteiger partial charge on any atom is 0.240 e. The van der Waals surface area contributed by atoms with Crippen molar-refractivity contribution >= 4 is 27.0 Å². The number of hydrogen-bond donors (Lipinski definition) is 2. The normalized spacial score (nSPS) is 14.2. The number of sulfonamides is 1. The maximum atomic E-state index is 12.3. The van der Waals surface area contributed by atoms with Crippen molar-refractivity contribution in [1.29, 1.82) is 0 Å². The fourth-order valence-corrected chi connectivity index (χ4v) is 4.77. The minimum absolute atomic E-state index is 0.0585. The van der Waals surface area contributed by atoms with Gasteiger partial charge in [0.25, 0.3) is 0 Å². The van der Waals surface area contributed by atoms with Crippen molar-refractivity contribution in [3.63, 3.8) is 0 Å². The minimum atomic E-state index is -3.44. The van der Waals surface area contributed by atoms with Gasteiger partial charge in [0, 0.05) is 19.0 Å². The predicted molar refractivity (Wildman–Crippen MR) is 115 cm³/mol. The summed E-state index contributed by atoms with van der Waals surface area (Å²) in [4.78, 5) is 17.2. The number of amides is 1. The first-order valence-corrected chi connectivity index (χ1v) is 11.8. The molecule has 1 aliphatic rings. The van der Waals surface area contributed by atoms with Crippen molar-refractivity contribution in [2.24, 2.45) is 0 Å². The van der Waals surface area contributed by atoms with Gasteiger partial charge in [-0.15, -0.1) is 0 Å². The molecule has 0 aliphatic heterocycles. The van der Waals surface area contributed by atoms with E-state index >= 15 is 0 Å². The van der Waals surface area contributed by atoms with Crippen molar-refractivity contribution in [2.75, 3.05) is 0 Å². The zero-order chi connectivity index (χ0) is 21.1. The van der Waals surface area contributed by atoms with E-state index in [1.807, 2.05) is 24.3 Å². The standard InChI is InChI=1S/C22H26N4O3S/c1-2-26-20-6-4-3-5-19(20)24-21(26)15-23-22(27)14-9-16-7-12-18(13-8-16)30(28,29)25-17-10-11-17/h3-8,12-13,17,25H,2,9-11,14-15H2,1H3,(H,23,27). The third kappa shape index (κ3) is 4.71. The second kappa shape index (κ2) is 8.57. The predicted octanol–water partition coefficient (Wildman–Crippen LogP) is 2.75. The van der Waals surface area contributed by atoms with Crippen LogP contribution in [0.3, 0.4) is 0 Å². The van der Waals surface area contributed by atoms with E-state index in [-0.39, 0.29) is 16.8 Å². The third-order valence-electron chi connectivity index (χ3n) is 5.27. The molecular weight excluding hydrogens is 400 g/mol. The van der Waals surface area contributed by atoms with Gasteiger partial charge < -0.3 is 9.88 Å². The van der Waals surface area contributed by atoms with Gasteiger partial charge >= 0.3 is 0 Å². The highest BCUT2D eigenvalue weighted by molar-refractivity contribution is 7.89. The first-order valence-electron chi connectivity index (χ1n) is 10.3. The van der Waals surface area contributed by atoms with Crippen LogP contribution in [-0.2, 0) is 34.3 Å². The molecule has 1 aliphatic carbocycles. The van der Waals surface area contributed by atoms with Gasteiger partial charge in [-0.25, -0.2) is 18.1 Å². The summed E-state index contributed by atoms with van der Waals surface area (Å²) >= 11 is 0. The van der Waals surface area contributed by atoms with Crippen molar-refractivity contribution in [2.45, 2.75) is 56.6 Å². The highest BCUT2D eigenvalue weighted by atomic mass is 32.2. The van der Waals surface area contributed by atoms with Crippen molar-refractivity contribution < 1.29 is 13.2 Å². The lowest BCUT2D eigenvalue weighted by Crippen LogP contribution is -2.25. The molecule has 4 rings (SSSR count). The monoisotopic (exact) mass is 426 g/mol. The van der Waals surface area contributed by atoms with Crippen LogP contribution in [0.25, 0.3) is 11.0 Å². The van der Waals surface area contributed by atoms with Crippen molar-refractivity contribution in [3.05, 3.63) is 59.9 Å². The minimum Gasteiger partial charge on any atom is -0.349 e. The Hall–Kier alpha value is -2.71. The van der Waals surface area contributed by atoms with E-state index in [1.165, 1.54) is 0 Å². The molecule has 1 aromatic heterocycles. The van der Waals surface area contributed by atoms with E-state index in [0.29, 0.717) is 19.4 Å². The van der Waals surface area contributed by atoms with Gasteiger partial charge in [-0.2, -0.15) is 0 Å². The highest BCUT2D eigenvalue weighted by Gasteiger charge is 2.27. The number of carbonyl (C=O) groups is 1. The summed E-state index contributed by atoms with van der Waals surface area (Å²) in [7, 11) is -3.44. The molecule has 1 amide bonds. The fourth-order valence-electron chi connectivity index (χ4n) is 3.46. The van der Waals surface area contributed by atoms with Crippen LogP contribution >= 0.6 is 0 Å². The highest BCUT2D eigenvalue weighted by Crippen LogP contribution is 2.22. The zero-order valence-electron chi connectivity index (χ0n) is 17.0. The SMILES string of the molecule is CCn1c(CNC(=O)CCc2ccc(S(=O)(=O)NC3CC3)cc2)nc2ccccc21. The Morgan fingerprint density at radius 1 is 1.13 bits per heavy atom. The average Bonchev–Trinajstić information content (AvgIpc) is 3.47. The lowest BCUT2D eigenvalue weighted by Gasteiger charge is -2.09. The smallest absolute Gasteiger partial charge is 0.240 e. The number of benzene rings is 2. The number of nitrogens with zero attached hydrogens (tertiary/aromatic N) is 2. The van der Waals surface area contributed by atoms with Gasteiger partial charge in [0.2, 0.25) is 15.9 Å². The second-order valence-corrected chi connectivity index (χ2v) is 9.29. The largest absolute Gasteiger partial charge is 0.349 e. The van der Waals surface area contributed by atoms with Crippen LogP contribution < -0.4 is 10.0 Å². The Balaban J connectivity index is 1.31. The van der Waals surface area contributed by atoms with Crippen LogP contribution in [-0.4, -0.2) is 29.9 Å². The van der Waals surface area contributed by atoms with Crippen LogP contribution in [0.15, 0.2) is 53.4 Å². The Labute approximate surface area is 176 Å². The van der Waals surface area contributed by atoms with Gasteiger partial charge in [-0.3, -0.25) is 4.79 Å². The fraction of sp³-hybridized carbons (Fsp3) is 0.364. The van der Waals surface area contributed by atoms with Crippen LogP contribution in [0.1, 0.15) is 37.6 Å². The number of rotatable bonds is 9. The van der Waals surface area contributed by atoms with Gasteiger partial charge in [0.1, 0.15) is 5.82 Å². The number of para-hydroxylation sites is 2. The molecule has 0 atom stereocenters. The number of hydrogen-bond acceptors (Lipinski definition) is 4. The van der Waals surface area contributed by atoms with E-state index in [0.717, 1.165) is 41.8 Å². The van der Waals surface area contributed by atoms with Crippen molar-refractivity contribution in [3.8, 4) is 0 Å². The summed E-state index contributed by atoms with van der Waals surface area (Å²) in [6, 6.07) is 14.8. The van der Waals surface area contributed by atoms with Crippen LogP contribution in [0.4, 0.5) is 0 Å². The summed E-state index contributed by atoms with van der Waals surface area (Å²) < 4.78 is 29.2. The van der Waals surface area contributed by atoms with E-state index in [1.54, 1.807) is 24.3 Å². The number of aromatic nitrogens is 2. The molecule has 2 aromatic carbocycles. The summed E-state index contributed by atoms with van der Waals surface area (Å²) in [6.45, 7) is 3.23. The number of aryl methyl sites for hydroxylation is 2. The second-order valence-electron chi connectivity index (χ2n) is 7.58. The molecule has 1 fully saturated rings. The zero-order valence-corrected chi connectivity index (χ0v) is 17.8.